The van der Waals surface area contributed by atoms with Crippen LogP contribution in [0.1, 0.15) is 38.7 Å². The minimum absolute atomic E-state index is 0.753. The lowest BCUT2D eigenvalue weighted by molar-refractivity contribution is 0.146. The molecule has 1 atom stereocenters. The van der Waals surface area contributed by atoms with Crippen molar-refractivity contribution in [3.8, 4) is 0 Å². The van der Waals surface area contributed by atoms with Crippen LogP contribution in [-0.2, 0) is 6.42 Å². The molecule has 1 N–H and O–H groups in total. The SMILES string of the molecule is CC(C)CNCC1CCCCN1CCc1ccsc1. The number of likely N-dealkylation sites (tertiary alicyclic amines) is 1. The molecular weight excluding hydrogens is 252 g/mol. The summed E-state index contributed by atoms with van der Waals surface area (Å²) in [6.45, 7) is 9.39. The van der Waals surface area contributed by atoms with Crippen LogP contribution in [0, 0.1) is 5.92 Å². The fraction of sp³-hybridized carbons (Fsp3) is 0.750. The molecule has 1 aromatic heterocycles. The molecule has 0 aromatic carbocycles. The van der Waals surface area contributed by atoms with Crippen LogP contribution in [-0.4, -0.2) is 37.1 Å². The smallest absolute Gasteiger partial charge is 0.0220 e. The second-order valence-corrected chi connectivity index (χ2v) is 6.90. The van der Waals surface area contributed by atoms with Gasteiger partial charge in [0.25, 0.3) is 0 Å². The van der Waals surface area contributed by atoms with Crippen molar-refractivity contribution in [1.29, 1.82) is 0 Å². The van der Waals surface area contributed by atoms with E-state index in [1.54, 1.807) is 0 Å². The fourth-order valence-corrected chi connectivity index (χ4v) is 3.53. The molecule has 0 bridgehead atoms. The Balaban J connectivity index is 1.75. The van der Waals surface area contributed by atoms with Crippen molar-refractivity contribution < 1.29 is 0 Å². The molecule has 1 fully saturated rings. The van der Waals surface area contributed by atoms with Crippen molar-refractivity contribution in [2.45, 2.75) is 45.6 Å². The summed E-state index contributed by atoms with van der Waals surface area (Å²) >= 11 is 1.81. The van der Waals surface area contributed by atoms with Crippen molar-refractivity contribution in [3.05, 3.63) is 22.4 Å². The number of nitrogens with one attached hydrogen (secondary N) is 1. The van der Waals surface area contributed by atoms with Gasteiger partial charge in [0, 0.05) is 19.1 Å². The van der Waals surface area contributed by atoms with Crippen LogP contribution in [0.25, 0.3) is 0 Å². The second kappa shape index (κ2) is 8.03. The van der Waals surface area contributed by atoms with Gasteiger partial charge < -0.3 is 5.32 Å². The highest BCUT2D eigenvalue weighted by Gasteiger charge is 2.21. The van der Waals surface area contributed by atoms with Crippen LogP contribution >= 0.6 is 11.3 Å². The van der Waals surface area contributed by atoms with E-state index in [-0.39, 0.29) is 0 Å². The first-order chi connectivity index (χ1) is 9.25. The van der Waals surface area contributed by atoms with Crippen LogP contribution in [0.2, 0.25) is 0 Å². The van der Waals surface area contributed by atoms with E-state index in [0.717, 1.165) is 18.5 Å². The molecule has 2 nitrogen and oxygen atoms in total. The van der Waals surface area contributed by atoms with E-state index in [9.17, 15) is 0 Å². The molecule has 1 aromatic rings. The summed E-state index contributed by atoms with van der Waals surface area (Å²) in [6, 6.07) is 3.02. The van der Waals surface area contributed by atoms with E-state index >= 15 is 0 Å². The molecule has 1 unspecified atom stereocenters. The van der Waals surface area contributed by atoms with Gasteiger partial charge in [0.2, 0.25) is 0 Å². The Morgan fingerprint density at radius 1 is 1.42 bits per heavy atom. The third kappa shape index (κ3) is 5.25. The molecule has 0 radical (unpaired) electrons. The molecule has 1 aliphatic heterocycles. The van der Waals surface area contributed by atoms with E-state index in [4.69, 9.17) is 0 Å². The standard InChI is InChI=1S/C16H28N2S/c1-14(2)11-17-12-16-5-3-4-8-18(16)9-6-15-7-10-19-13-15/h7,10,13-14,16-17H,3-6,8-9,11-12H2,1-2H3. The average molecular weight is 280 g/mol. The lowest BCUT2D eigenvalue weighted by atomic mass is 10.0. The van der Waals surface area contributed by atoms with Gasteiger partial charge in [-0.1, -0.05) is 20.3 Å². The molecule has 2 heterocycles. The van der Waals surface area contributed by atoms with Gasteiger partial charge in [-0.2, -0.15) is 11.3 Å². The Morgan fingerprint density at radius 3 is 3.05 bits per heavy atom. The zero-order valence-corrected chi connectivity index (χ0v) is 13.2. The lowest BCUT2D eigenvalue weighted by Gasteiger charge is -2.36. The van der Waals surface area contributed by atoms with Crippen LogP contribution in [0.3, 0.4) is 0 Å². The van der Waals surface area contributed by atoms with Crippen LogP contribution in [0.5, 0.6) is 0 Å². The van der Waals surface area contributed by atoms with Crippen molar-refractivity contribution in [1.82, 2.24) is 10.2 Å². The number of thiophene rings is 1. The summed E-state index contributed by atoms with van der Waals surface area (Å²) in [5.74, 6) is 0.753. The van der Waals surface area contributed by atoms with Gasteiger partial charge in [0.1, 0.15) is 0 Å². The lowest BCUT2D eigenvalue weighted by Crippen LogP contribution is -2.46. The molecule has 0 spiro atoms. The summed E-state index contributed by atoms with van der Waals surface area (Å²) < 4.78 is 0. The van der Waals surface area contributed by atoms with Gasteiger partial charge in [0.15, 0.2) is 0 Å². The minimum atomic E-state index is 0.753. The third-order valence-electron chi connectivity index (χ3n) is 3.95. The average Bonchev–Trinajstić information content (AvgIpc) is 2.90. The Morgan fingerprint density at radius 2 is 2.32 bits per heavy atom. The van der Waals surface area contributed by atoms with Crippen LogP contribution in [0.15, 0.2) is 16.8 Å². The van der Waals surface area contributed by atoms with Crippen molar-refractivity contribution in [2.24, 2.45) is 5.92 Å². The van der Waals surface area contributed by atoms with E-state index in [0.29, 0.717) is 0 Å². The maximum atomic E-state index is 3.64. The molecule has 0 amide bonds. The molecule has 0 aliphatic carbocycles. The van der Waals surface area contributed by atoms with Gasteiger partial charge in [-0.3, -0.25) is 4.90 Å². The predicted octanol–water partition coefficient (Wildman–Crippen LogP) is 3.39. The molecular formula is C16H28N2S. The Labute approximate surface area is 122 Å². The van der Waals surface area contributed by atoms with Gasteiger partial charge in [-0.15, -0.1) is 0 Å². The second-order valence-electron chi connectivity index (χ2n) is 6.12. The summed E-state index contributed by atoms with van der Waals surface area (Å²) in [5, 5.41) is 8.11. The first-order valence-corrected chi connectivity index (χ1v) is 8.66. The quantitative estimate of drug-likeness (QED) is 0.823. The molecule has 1 saturated heterocycles. The Hall–Kier alpha value is -0.380. The summed E-state index contributed by atoms with van der Waals surface area (Å²) in [4.78, 5) is 2.70. The molecule has 108 valence electrons. The Bertz CT molecular complexity index is 335. The van der Waals surface area contributed by atoms with E-state index < -0.39 is 0 Å². The summed E-state index contributed by atoms with van der Waals surface area (Å²) in [5.41, 5.74) is 1.50. The highest BCUT2D eigenvalue weighted by molar-refractivity contribution is 7.07. The molecule has 1 aliphatic rings. The van der Waals surface area contributed by atoms with Gasteiger partial charge in [-0.05, 0) is 60.7 Å². The molecule has 3 heteroatoms. The zero-order chi connectivity index (χ0) is 13.5. The maximum Gasteiger partial charge on any atom is 0.0220 e. The number of piperidine rings is 1. The summed E-state index contributed by atoms with van der Waals surface area (Å²) in [7, 11) is 0. The van der Waals surface area contributed by atoms with Crippen LogP contribution in [0.4, 0.5) is 0 Å². The topological polar surface area (TPSA) is 15.3 Å². The number of rotatable bonds is 7. The minimum Gasteiger partial charge on any atom is -0.315 e. The summed E-state index contributed by atoms with van der Waals surface area (Å²) in [6.07, 6.45) is 5.37. The number of hydrogen-bond acceptors (Lipinski definition) is 3. The zero-order valence-electron chi connectivity index (χ0n) is 12.4. The number of hydrogen-bond donors (Lipinski definition) is 1. The molecule has 19 heavy (non-hydrogen) atoms. The van der Waals surface area contributed by atoms with Crippen molar-refractivity contribution >= 4 is 11.3 Å². The van der Waals surface area contributed by atoms with E-state index in [2.05, 4.69) is 40.9 Å². The first-order valence-electron chi connectivity index (χ1n) is 7.71. The predicted molar refractivity (Wildman–Crippen MR) is 84.9 cm³/mol. The monoisotopic (exact) mass is 280 g/mol. The van der Waals surface area contributed by atoms with Crippen molar-refractivity contribution in [2.75, 3.05) is 26.2 Å². The van der Waals surface area contributed by atoms with Gasteiger partial charge >= 0.3 is 0 Å². The van der Waals surface area contributed by atoms with Crippen LogP contribution < -0.4 is 5.32 Å². The maximum absolute atomic E-state index is 3.64. The fourth-order valence-electron chi connectivity index (χ4n) is 2.83. The number of nitrogens with zero attached hydrogens (tertiary/aromatic N) is 1. The highest BCUT2D eigenvalue weighted by Crippen LogP contribution is 2.17. The highest BCUT2D eigenvalue weighted by atomic mass is 32.1. The van der Waals surface area contributed by atoms with E-state index in [1.165, 1.54) is 50.9 Å². The third-order valence-corrected chi connectivity index (χ3v) is 4.68. The molecule has 2 rings (SSSR count). The normalized spacial score (nSPS) is 21.1. The van der Waals surface area contributed by atoms with Gasteiger partial charge in [-0.25, -0.2) is 0 Å². The Kier molecular flexibility index (Phi) is 6.35. The van der Waals surface area contributed by atoms with E-state index in [1.807, 2.05) is 11.3 Å². The van der Waals surface area contributed by atoms with Crippen molar-refractivity contribution in [3.63, 3.8) is 0 Å². The molecule has 0 saturated carbocycles. The first kappa shape index (κ1) is 15.0. The van der Waals surface area contributed by atoms with Gasteiger partial charge in [0.05, 0.1) is 0 Å². The largest absolute Gasteiger partial charge is 0.315 e.